The molecule has 1 aliphatic heterocycles. The number of amides is 1. The molecule has 2 aromatic heterocycles. The van der Waals surface area contributed by atoms with Gasteiger partial charge in [-0.3, -0.25) is 4.79 Å². The second-order valence-corrected chi connectivity index (χ2v) is 7.23. The third-order valence-electron chi connectivity index (χ3n) is 5.44. The van der Waals surface area contributed by atoms with Crippen LogP contribution in [0.25, 0.3) is 5.65 Å². The largest absolute Gasteiger partial charge is 0.396 e. The molecule has 0 spiro atoms. The molecule has 2 aromatic rings. The molecule has 1 unspecified atom stereocenters. The number of morpholine rings is 1. The Labute approximate surface area is 146 Å². The Hall–Kier alpha value is -1.99. The highest BCUT2D eigenvalue weighted by molar-refractivity contribution is 6.01. The fourth-order valence-corrected chi connectivity index (χ4v) is 4.27. The first kappa shape index (κ1) is 16.5. The van der Waals surface area contributed by atoms with Crippen LogP contribution in [0.5, 0.6) is 0 Å². The standard InChI is InChI=1S/C18H24N4O3/c1-10-6-11(2)22-17(19-10)16(12(3)20-22)18(24)21-4-5-25-15-8-13(9-23)7-14(15)21/h6,13-15,23H,4-5,7-9H2,1-3H3/t13-,14+,15?/m1/s1. The first-order valence-electron chi connectivity index (χ1n) is 8.86. The highest BCUT2D eigenvalue weighted by Gasteiger charge is 2.43. The Morgan fingerprint density at radius 2 is 2.16 bits per heavy atom. The van der Waals surface area contributed by atoms with E-state index in [2.05, 4.69) is 10.1 Å². The number of rotatable bonds is 2. The molecule has 2 fully saturated rings. The number of aliphatic hydroxyl groups excluding tert-OH is 1. The van der Waals surface area contributed by atoms with Crippen molar-refractivity contribution in [3.8, 4) is 0 Å². The van der Waals surface area contributed by atoms with E-state index in [1.165, 1.54) is 0 Å². The van der Waals surface area contributed by atoms with Crippen LogP contribution >= 0.6 is 0 Å². The average molecular weight is 344 g/mol. The van der Waals surface area contributed by atoms with Crippen molar-refractivity contribution in [1.29, 1.82) is 0 Å². The van der Waals surface area contributed by atoms with Crippen LogP contribution in [0, 0.1) is 26.7 Å². The number of carbonyl (C=O) groups is 1. The van der Waals surface area contributed by atoms with Crippen molar-refractivity contribution in [2.75, 3.05) is 19.8 Å². The molecule has 1 aliphatic carbocycles. The lowest BCUT2D eigenvalue weighted by atomic mass is 10.1. The van der Waals surface area contributed by atoms with Crippen molar-refractivity contribution in [2.45, 2.75) is 45.8 Å². The number of aryl methyl sites for hydroxylation is 3. The van der Waals surface area contributed by atoms with Gasteiger partial charge in [-0.05, 0) is 45.6 Å². The van der Waals surface area contributed by atoms with Crippen molar-refractivity contribution in [3.63, 3.8) is 0 Å². The van der Waals surface area contributed by atoms with Crippen molar-refractivity contribution in [2.24, 2.45) is 5.92 Å². The lowest BCUT2D eigenvalue weighted by Crippen LogP contribution is -2.51. The first-order chi connectivity index (χ1) is 12.0. The predicted octanol–water partition coefficient (Wildman–Crippen LogP) is 1.27. The number of aliphatic hydroxyl groups is 1. The zero-order chi connectivity index (χ0) is 17.7. The Morgan fingerprint density at radius 3 is 2.92 bits per heavy atom. The summed E-state index contributed by atoms with van der Waals surface area (Å²) >= 11 is 0. The number of hydrogen-bond donors (Lipinski definition) is 1. The van der Waals surface area contributed by atoms with Gasteiger partial charge in [-0.25, -0.2) is 9.50 Å². The molecule has 0 bridgehead atoms. The maximum atomic E-state index is 13.4. The molecule has 1 saturated heterocycles. The molecule has 0 radical (unpaired) electrons. The zero-order valence-corrected chi connectivity index (χ0v) is 14.9. The van der Waals surface area contributed by atoms with Gasteiger partial charge in [-0.15, -0.1) is 0 Å². The van der Waals surface area contributed by atoms with Crippen LogP contribution in [-0.4, -0.2) is 62.4 Å². The highest BCUT2D eigenvalue weighted by atomic mass is 16.5. The minimum absolute atomic E-state index is 0.0217. The van der Waals surface area contributed by atoms with E-state index in [0.29, 0.717) is 30.1 Å². The van der Waals surface area contributed by atoms with Gasteiger partial charge >= 0.3 is 0 Å². The summed E-state index contributed by atoms with van der Waals surface area (Å²) in [5.74, 6) is 0.179. The summed E-state index contributed by atoms with van der Waals surface area (Å²) in [5.41, 5.74) is 3.75. The first-order valence-corrected chi connectivity index (χ1v) is 8.86. The van der Waals surface area contributed by atoms with Gasteiger partial charge in [0.1, 0.15) is 5.56 Å². The van der Waals surface area contributed by atoms with Crippen molar-refractivity contribution < 1.29 is 14.6 Å². The minimum atomic E-state index is -0.0260. The fraction of sp³-hybridized carbons (Fsp3) is 0.611. The molecule has 1 amide bonds. The van der Waals surface area contributed by atoms with Crippen molar-refractivity contribution in [1.82, 2.24) is 19.5 Å². The maximum Gasteiger partial charge on any atom is 0.260 e. The molecule has 134 valence electrons. The summed E-state index contributed by atoms with van der Waals surface area (Å²) in [6, 6.07) is 1.99. The van der Waals surface area contributed by atoms with E-state index in [-0.39, 0.29) is 30.6 Å². The minimum Gasteiger partial charge on any atom is -0.396 e. The molecule has 1 N–H and O–H groups in total. The molecule has 2 aliphatic rings. The van der Waals surface area contributed by atoms with Gasteiger partial charge in [0.25, 0.3) is 5.91 Å². The van der Waals surface area contributed by atoms with Gasteiger partial charge in [-0.1, -0.05) is 0 Å². The van der Waals surface area contributed by atoms with E-state index >= 15 is 0 Å². The topological polar surface area (TPSA) is 80.0 Å². The highest BCUT2D eigenvalue weighted by Crippen LogP contribution is 2.35. The fourth-order valence-electron chi connectivity index (χ4n) is 4.27. The Balaban J connectivity index is 1.74. The molecule has 25 heavy (non-hydrogen) atoms. The Bertz CT molecular complexity index is 831. The summed E-state index contributed by atoms with van der Waals surface area (Å²) in [4.78, 5) is 19.9. The normalized spacial score (nSPS) is 26.2. The second-order valence-electron chi connectivity index (χ2n) is 7.23. The molecule has 7 nitrogen and oxygen atoms in total. The van der Waals surface area contributed by atoms with Crippen LogP contribution in [0.2, 0.25) is 0 Å². The molecule has 4 rings (SSSR count). The molecule has 7 heteroatoms. The molecular weight excluding hydrogens is 320 g/mol. The van der Waals surface area contributed by atoms with Gasteiger partial charge in [0, 0.05) is 24.5 Å². The van der Waals surface area contributed by atoms with Gasteiger partial charge in [-0.2, -0.15) is 5.10 Å². The van der Waals surface area contributed by atoms with E-state index in [0.717, 1.165) is 24.2 Å². The number of aromatic nitrogens is 3. The maximum absolute atomic E-state index is 13.4. The van der Waals surface area contributed by atoms with Crippen LogP contribution in [-0.2, 0) is 4.74 Å². The Morgan fingerprint density at radius 1 is 1.36 bits per heavy atom. The van der Waals surface area contributed by atoms with Gasteiger partial charge < -0.3 is 14.7 Å². The Kier molecular flexibility index (Phi) is 4.00. The lowest BCUT2D eigenvalue weighted by molar-refractivity contribution is -0.0448. The van der Waals surface area contributed by atoms with Gasteiger partial charge in [0.15, 0.2) is 5.65 Å². The van der Waals surface area contributed by atoms with E-state index in [9.17, 15) is 9.90 Å². The monoisotopic (exact) mass is 344 g/mol. The molecule has 0 aromatic carbocycles. The van der Waals surface area contributed by atoms with Crippen LogP contribution in [0.3, 0.4) is 0 Å². The van der Waals surface area contributed by atoms with Crippen LogP contribution in [0.1, 0.15) is 40.3 Å². The summed E-state index contributed by atoms with van der Waals surface area (Å²) in [6.07, 6.45) is 1.62. The SMILES string of the molecule is Cc1cc(C)n2nc(C)c(C(=O)N3CCOC4C[C@H](CO)C[C@@H]43)c2n1. The van der Waals surface area contributed by atoms with Crippen LogP contribution in [0.4, 0.5) is 0 Å². The molecular formula is C18H24N4O3. The van der Waals surface area contributed by atoms with E-state index in [4.69, 9.17) is 4.74 Å². The van der Waals surface area contributed by atoms with Gasteiger partial charge in [0.05, 0.1) is 24.4 Å². The third-order valence-corrected chi connectivity index (χ3v) is 5.44. The van der Waals surface area contributed by atoms with Crippen LogP contribution < -0.4 is 0 Å². The van der Waals surface area contributed by atoms with Crippen LogP contribution in [0.15, 0.2) is 6.07 Å². The number of nitrogens with zero attached hydrogens (tertiary/aromatic N) is 4. The summed E-state index contributed by atoms with van der Waals surface area (Å²) in [6.45, 7) is 7.01. The molecule has 3 atom stereocenters. The smallest absolute Gasteiger partial charge is 0.260 e. The van der Waals surface area contributed by atoms with E-state index in [1.807, 2.05) is 31.7 Å². The number of hydrogen-bond acceptors (Lipinski definition) is 5. The van der Waals surface area contributed by atoms with E-state index in [1.54, 1.807) is 4.52 Å². The second kappa shape index (κ2) is 6.07. The number of fused-ring (bicyclic) bond motifs is 2. The zero-order valence-electron chi connectivity index (χ0n) is 14.9. The predicted molar refractivity (Wildman–Crippen MR) is 91.6 cm³/mol. The van der Waals surface area contributed by atoms with E-state index < -0.39 is 0 Å². The van der Waals surface area contributed by atoms with Crippen molar-refractivity contribution in [3.05, 3.63) is 28.7 Å². The summed E-state index contributed by atoms with van der Waals surface area (Å²) < 4.78 is 7.59. The molecule has 3 heterocycles. The van der Waals surface area contributed by atoms with Gasteiger partial charge in [0.2, 0.25) is 0 Å². The number of carbonyl (C=O) groups excluding carboxylic acids is 1. The quantitative estimate of drug-likeness (QED) is 0.887. The third kappa shape index (κ3) is 2.62. The van der Waals surface area contributed by atoms with Crippen molar-refractivity contribution >= 4 is 11.6 Å². The summed E-state index contributed by atoms with van der Waals surface area (Å²) in [5, 5.41) is 14.0. The molecule has 1 saturated carbocycles. The summed E-state index contributed by atoms with van der Waals surface area (Å²) in [7, 11) is 0. The number of ether oxygens (including phenoxy) is 1. The average Bonchev–Trinajstić information content (AvgIpc) is 3.14. The lowest BCUT2D eigenvalue weighted by Gasteiger charge is -2.37.